The third-order valence-electron chi connectivity index (χ3n) is 6.61. The molecule has 0 atom stereocenters. The number of ether oxygens (including phenoxy) is 1. The lowest BCUT2D eigenvalue weighted by molar-refractivity contribution is -0.111. The lowest BCUT2D eigenvalue weighted by atomic mass is 10.0. The molecular weight excluding hydrogens is 530 g/mol. The summed E-state index contributed by atoms with van der Waals surface area (Å²) in [4.78, 5) is 25.9. The van der Waals surface area contributed by atoms with Gasteiger partial charge in [0.2, 0.25) is 11.9 Å². The Morgan fingerprint density at radius 3 is 2.62 bits per heavy atom. The van der Waals surface area contributed by atoms with Crippen LogP contribution >= 0.6 is 35.3 Å². The maximum absolute atomic E-state index is 12.3. The maximum Gasteiger partial charge on any atom is 0.247 e. The fourth-order valence-corrected chi connectivity index (χ4v) is 6.60. The van der Waals surface area contributed by atoms with Gasteiger partial charge in [0.05, 0.1) is 35.4 Å². The largest absolute Gasteiger partial charge is 0.494 e. The standard InChI is InChI=1S/C25H34ClN7O2S2/c1-6-23(34)28-19-11-20(22(35-4)12-21(19)32-9-7-16(8-10-32)31(2)3)29-25-27-13-18(26)24(30-25)37-17-14-33(15-17)36-5/h6,11-13,16-17H,1,7-10,14-15H2,2-5H3,(H,28,34)(H,27,29,30). The fraction of sp³-hybridized carbons (Fsp3) is 0.480. The number of thioether (sulfide) groups is 1. The first-order valence-corrected chi connectivity index (χ1v) is 14.6. The minimum absolute atomic E-state index is 0.276. The quantitative estimate of drug-likeness (QED) is 0.243. The van der Waals surface area contributed by atoms with E-state index in [0.717, 1.165) is 49.7 Å². The van der Waals surface area contributed by atoms with Gasteiger partial charge in [-0.15, -0.1) is 0 Å². The van der Waals surface area contributed by atoms with Crippen LogP contribution in [0.15, 0.2) is 36.0 Å². The number of anilines is 4. The minimum Gasteiger partial charge on any atom is -0.494 e. The first kappa shape index (κ1) is 27.8. The molecule has 2 fully saturated rings. The molecule has 37 heavy (non-hydrogen) atoms. The summed E-state index contributed by atoms with van der Waals surface area (Å²) in [5, 5.41) is 7.94. The number of methoxy groups -OCH3 is 1. The summed E-state index contributed by atoms with van der Waals surface area (Å²) in [5.74, 6) is 0.761. The van der Waals surface area contributed by atoms with Crippen molar-refractivity contribution < 1.29 is 9.53 Å². The van der Waals surface area contributed by atoms with E-state index in [1.165, 1.54) is 6.08 Å². The van der Waals surface area contributed by atoms with Gasteiger partial charge in [-0.25, -0.2) is 14.3 Å². The van der Waals surface area contributed by atoms with Crippen LogP contribution in [0.1, 0.15) is 12.8 Å². The van der Waals surface area contributed by atoms with E-state index in [1.807, 2.05) is 12.1 Å². The highest BCUT2D eigenvalue weighted by atomic mass is 35.5. The summed E-state index contributed by atoms with van der Waals surface area (Å²) in [5.41, 5.74) is 2.22. The molecule has 1 aromatic carbocycles. The Labute approximate surface area is 232 Å². The van der Waals surface area contributed by atoms with Gasteiger partial charge >= 0.3 is 0 Å². The number of aromatic nitrogens is 2. The van der Waals surface area contributed by atoms with Gasteiger partial charge in [0.25, 0.3) is 0 Å². The molecule has 0 saturated carbocycles. The molecule has 2 aliphatic heterocycles. The topological polar surface area (TPSA) is 85.9 Å². The van der Waals surface area contributed by atoms with Crippen molar-refractivity contribution in [3.05, 3.63) is 36.0 Å². The highest BCUT2D eigenvalue weighted by Crippen LogP contribution is 2.40. The van der Waals surface area contributed by atoms with Gasteiger partial charge in [0, 0.05) is 43.5 Å². The predicted octanol–water partition coefficient (Wildman–Crippen LogP) is 4.59. The van der Waals surface area contributed by atoms with E-state index in [0.29, 0.717) is 39.4 Å². The van der Waals surface area contributed by atoms with Crippen LogP contribution in [0.5, 0.6) is 5.75 Å². The Hall–Kier alpha value is -2.18. The Kier molecular flexibility index (Phi) is 9.46. The number of carbonyl (C=O) groups is 1. The van der Waals surface area contributed by atoms with Crippen molar-refractivity contribution in [2.45, 2.75) is 29.2 Å². The van der Waals surface area contributed by atoms with E-state index in [-0.39, 0.29) is 5.91 Å². The van der Waals surface area contributed by atoms with Crippen LogP contribution in [0, 0.1) is 0 Å². The number of nitrogens with one attached hydrogen (secondary N) is 2. The van der Waals surface area contributed by atoms with Crippen molar-refractivity contribution in [1.29, 1.82) is 0 Å². The summed E-state index contributed by atoms with van der Waals surface area (Å²) < 4.78 is 8.03. The Balaban J connectivity index is 1.58. The van der Waals surface area contributed by atoms with Crippen LogP contribution in [0.25, 0.3) is 0 Å². The van der Waals surface area contributed by atoms with Crippen LogP contribution < -0.4 is 20.3 Å². The van der Waals surface area contributed by atoms with Crippen molar-refractivity contribution in [2.75, 3.05) is 69.2 Å². The molecule has 1 aromatic heterocycles. The van der Waals surface area contributed by atoms with Crippen LogP contribution in [0.4, 0.5) is 23.0 Å². The zero-order valence-electron chi connectivity index (χ0n) is 21.7. The maximum atomic E-state index is 12.3. The molecule has 2 saturated heterocycles. The molecule has 2 N–H and O–H groups in total. The molecule has 2 aliphatic rings. The Morgan fingerprint density at radius 1 is 1.27 bits per heavy atom. The molecule has 0 spiro atoms. The van der Waals surface area contributed by atoms with Crippen molar-refractivity contribution in [1.82, 2.24) is 19.2 Å². The number of nitrogens with zero attached hydrogens (tertiary/aromatic N) is 5. The highest BCUT2D eigenvalue weighted by Gasteiger charge is 2.28. The zero-order chi connectivity index (χ0) is 26.5. The third-order valence-corrected chi connectivity index (χ3v) is 8.98. The summed E-state index contributed by atoms with van der Waals surface area (Å²) in [6.07, 6.45) is 7.04. The molecule has 0 unspecified atom stereocenters. The van der Waals surface area contributed by atoms with Gasteiger partial charge in [-0.1, -0.05) is 41.9 Å². The molecule has 4 rings (SSSR count). The third kappa shape index (κ3) is 6.83. The fourth-order valence-electron chi connectivity index (χ4n) is 4.40. The van der Waals surface area contributed by atoms with E-state index in [1.54, 1.807) is 37.0 Å². The molecule has 3 heterocycles. The Morgan fingerprint density at radius 2 is 2.00 bits per heavy atom. The molecule has 0 aliphatic carbocycles. The van der Waals surface area contributed by atoms with Gasteiger partial charge in [-0.2, -0.15) is 0 Å². The lowest BCUT2D eigenvalue weighted by Crippen LogP contribution is -2.44. The number of hydrogen-bond acceptors (Lipinski definition) is 10. The summed E-state index contributed by atoms with van der Waals surface area (Å²) >= 11 is 9.81. The van der Waals surface area contributed by atoms with E-state index >= 15 is 0 Å². The second-order valence-corrected chi connectivity index (χ2v) is 11.8. The van der Waals surface area contributed by atoms with Crippen molar-refractivity contribution in [2.24, 2.45) is 0 Å². The molecule has 12 heteroatoms. The van der Waals surface area contributed by atoms with Gasteiger partial charge in [0.1, 0.15) is 10.8 Å². The minimum atomic E-state index is -0.276. The SMILES string of the molecule is C=CC(=O)Nc1cc(Nc2ncc(Cl)c(SC3CN(SC)C3)n2)c(OC)cc1N1CCC(N(C)C)CC1. The second-order valence-electron chi connectivity index (χ2n) is 9.19. The zero-order valence-corrected chi connectivity index (χ0v) is 24.0. The van der Waals surface area contributed by atoms with Crippen LogP contribution in [0.3, 0.4) is 0 Å². The number of carbonyl (C=O) groups excluding carboxylic acids is 1. The molecular formula is C25H34ClN7O2S2. The molecule has 2 aromatic rings. The number of amides is 1. The lowest BCUT2D eigenvalue weighted by Gasteiger charge is -2.37. The van der Waals surface area contributed by atoms with Crippen molar-refractivity contribution in [3.63, 3.8) is 0 Å². The van der Waals surface area contributed by atoms with Crippen LogP contribution in [-0.4, -0.2) is 90.0 Å². The Bertz CT molecular complexity index is 1120. The van der Waals surface area contributed by atoms with Crippen LogP contribution in [0.2, 0.25) is 5.02 Å². The normalized spacial score (nSPS) is 17.0. The number of piperidine rings is 1. The van der Waals surface area contributed by atoms with Crippen molar-refractivity contribution >= 4 is 64.2 Å². The van der Waals surface area contributed by atoms with E-state index in [2.05, 4.69) is 61.6 Å². The smallest absolute Gasteiger partial charge is 0.247 e. The van der Waals surface area contributed by atoms with Crippen LogP contribution in [-0.2, 0) is 4.79 Å². The molecule has 200 valence electrons. The van der Waals surface area contributed by atoms with Gasteiger partial charge in [-0.05, 0) is 45.3 Å². The second kappa shape index (κ2) is 12.6. The average Bonchev–Trinajstić information content (AvgIpc) is 2.87. The first-order chi connectivity index (χ1) is 17.8. The number of hydrogen-bond donors (Lipinski definition) is 2. The number of benzene rings is 1. The molecule has 0 radical (unpaired) electrons. The van der Waals surface area contributed by atoms with E-state index in [4.69, 9.17) is 16.3 Å². The predicted molar refractivity (Wildman–Crippen MR) is 156 cm³/mol. The highest BCUT2D eigenvalue weighted by molar-refractivity contribution is 8.00. The monoisotopic (exact) mass is 563 g/mol. The molecule has 9 nitrogen and oxygen atoms in total. The van der Waals surface area contributed by atoms with Gasteiger partial charge in [-0.3, -0.25) is 4.79 Å². The first-order valence-electron chi connectivity index (χ1n) is 12.1. The molecule has 0 bridgehead atoms. The van der Waals surface area contributed by atoms with Gasteiger partial charge < -0.3 is 25.2 Å². The number of rotatable bonds is 10. The van der Waals surface area contributed by atoms with Gasteiger partial charge in [0.15, 0.2) is 0 Å². The molecule has 1 amide bonds. The number of halogens is 1. The summed E-state index contributed by atoms with van der Waals surface area (Å²) in [6, 6.07) is 4.36. The van der Waals surface area contributed by atoms with E-state index in [9.17, 15) is 4.79 Å². The van der Waals surface area contributed by atoms with E-state index < -0.39 is 0 Å². The summed E-state index contributed by atoms with van der Waals surface area (Å²) in [7, 11) is 5.86. The average molecular weight is 564 g/mol. The van der Waals surface area contributed by atoms with Crippen molar-refractivity contribution in [3.8, 4) is 5.75 Å². The summed E-state index contributed by atoms with van der Waals surface area (Å²) in [6.45, 7) is 7.34.